The van der Waals surface area contributed by atoms with Crippen LogP contribution in [0, 0.1) is 18.8 Å². The zero-order valence-electron chi connectivity index (χ0n) is 40.7. The Bertz CT molecular complexity index is 2780. The van der Waals surface area contributed by atoms with Gasteiger partial charge >= 0.3 is 6.18 Å². The van der Waals surface area contributed by atoms with Crippen LogP contribution >= 0.6 is 0 Å². The van der Waals surface area contributed by atoms with Gasteiger partial charge < -0.3 is 25.2 Å². The maximum atomic E-state index is 14.4. The van der Waals surface area contributed by atoms with Gasteiger partial charge in [0.15, 0.2) is 17.4 Å². The SMILES string of the molecule is Cc1ccc(C(=O)Nc2ccc(CN3CCN(CCCCCCCCCCCCCCC(=O)Nc4cccc5c4ON(C4CCC(=O)NC4=O)O5)CC3)c(C(F)(F)F)c2)cc1C#Cc1cnc2[nH]ncc2c1. The van der Waals surface area contributed by atoms with E-state index >= 15 is 0 Å². The summed E-state index contributed by atoms with van der Waals surface area (Å²) in [6, 6.07) is 15.3. The van der Waals surface area contributed by atoms with Crippen LogP contribution in [-0.2, 0) is 27.1 Å². The van der Waals surface area contributed by atoms with Crippen LogP contribution in [0.2, 0.25) is 0 Å². The van der Waals surface area contributed by atoms with Crippen LogP contribution in [0.1, 0.15) is 134 Å². The number of carbonyl (C=O) groups is 4. The number of unbranched alkanes of at least 4 members (excludes halogenated alkanes) is 11. The van der Waals surface area contributed by atoms with Crippen molar-refractivity contribution >= 4 is 46.0 Å². The van der Waals surface area contributed by atoms with E-state index in [4.69, 9.17) is 9.68 Å². The number of fused-ring (bicyclic) bond motifs is 2. The first kappa shape index (κ1) is 51.5. The molecule has 0 radical (unpaired) electrons. The van der Waals surface area contributed by atoms with Gasteiger partial charge in [-0.1, -0.05) is 94.2 Å². The molecule has 18 heteroatoms. The number of halogens is 3. The van der Waals surface area contributed by atoms with Crippen molar-refractivity contribution in [3.63, 3.8) is 0 Å². The first-order valence-corrected chi connectivity index (χ1v) is 25.2. The largest absolute Gasteiger partial charge is 0.416 e. The molecule has 1 unspecified atom stereocenters. The summed E-state index contributed by atoms with van der Waals surface area (Å²) in [6.45, 7) is 6.07. The monoisotopic (exact) mass is 989 g/mol. The van der Waals surface area contributed by atoms with Crippen molar-refractivity contribution in [3.8, 4) is 23.3 Å². The number of piperidine rings is 1. The molecule has 380 valence electrons. The lowest BCUT2D eigenvalue weighted by atomic mass is 10.0. The quantitative estimate of drug-likeness (QED) is 0.0313. The van der Waals surface area contributed by atoms with E-state index in [1.54, 1.807) is 48.8 Å². The number of anilines is 2. The Labute approximate surface area is 417 Å². The number of hydrogen-bond donors (Lipinski definition) is 4. The highest BCUT2D eigenvalue weighted by Gasteiger charge is 2.40. The number of amides is 4. The van der Waals surface area contributed by atoms with Gasteiger partial charge in [-0.3, -0.25) is 34.5 Å². The first-order chi connectivity index (χ1) is 34.9. The molecule has 3 aliphatic heterocycles. The number of imide groups is 1. The maximum absolute atomic E-state index is 14.4. The smallest absolute Gasteiger partial charge is 0.366 e. The van der Waals surface area contributed by atoms with Crippen LogP contribution in [0.25, 0.3) is 11.0 Å². The number of nitrogens with one attached hydrogen (secondary N) is 4. The number of aryl methyl sites for hydroxylation is 1. The van der Waals surface area contributed by atoms with Gasteiger partial charge in [0, 0.05) is 84.8 Å². The Morgan fingerprint density at radius 1 is 0.806 bits per heavy atom. The summed E-state index contributed by atoms with van der Waals surface area (Å²) in [6.07, 6.45) is 13.1. The molecule has 8 rings (SSSR count). The average Bonchev–Trinajstić information content (AvgIpc) is 4.02. The first-order valence-electron chi connectivity index (χ1n) is 25.2. The number of carbonyl (C=O) groups excluding carboxylic acids is 4. The second-order valence-electron chi connectivity index (χ2n) is 18.9. The number of rotatable bonds is 21. The number of hydrogen-bond acceptors (Lipinski definition) is 11. The van der Waals surface area contributed by atoms with Crippen molar-refractivity contribution < 1.29 is 42.0 Å². The molecule has 4 amide bonds. The number of aromatic amines is 1. The van der Waals surface area contributed by atoms with Crippen LogP contribution in [-0.4, -0.2) is 92.6 Å². The third-order valence-electron chi connectivity index (χ3n) is 13.4. The molecule has 5 heterocycles. The van der Waals surface area contributed by atoms with E-state index in [0.717, 1.165) is 74.0 Å². The van der Waals surface area contributed by atoms with Gasteiger partial charge in [-0.15, -0.1) is 0 Å². The minimum atomic E-state index is -4.59. The lowest BCUT2D eigenvalue weighted by molar-refractivity contribution is -0.252. The highest BCUT2D eigenvalue weighted by atomic mass is 19.4. The number of H-pyrrole nitrogens is 1. The number of piperazine rings is 1. The zero-order chi connectivity index (χ0) is 50.5. The standard InChI is InChI=1S/C54H62F3N9O6/c1-37-18-20-40(32-39(37)21-19-38-31-42-35-59-63-51(42)58-34-38)52(69)60-43-23-22-41(44(33-43)54(55,56)57)36-65-29-27-64(28-30-65)26-13-11-9-7-5-3-2-4-6-8-10-12-17-48(67)61-45-15-14-16-47-50(45)72-66(71-47)46-24-25-49(68)62-53(46)70/h14-16,18,20,22-23,31-35,46H,2-13,17,24-30,36H2,1H3,(H,60,69)(H,61,67)(H,58,59,63)(H,62,68,70). The molecule has 0 aliphatic carbocycles. The van der Waals surface area contributed by atoms with E-state index in [9.17, 15) is 32.3 Å². The summed E-state index contributed by atoms with van der Waals surface area (Å²) in [5.74, 6) is 5.43. The van der Waals surface area contributed by atoms with Gasteiger partial charge in [0.1, 0.15) is 0 Å². The fourth-order valence-electron chi connectivity index (χ4n) is 9.21. The van der Waals surface area contributed by atoms with Gasteiger partial charge in [0.05, 0.1) is 17.4 Å². The van der Waals surface area contributed by atoms with Crippen molar-refractivity contribution in [2.45, 2.75) is 122 Å². The number of benzene rings is 3. The molecule has 0 spiro atoms. The molecule has 15 nitrogen and oxygen atoms in total. The molecule has 3 aliphatic rings. The molecule has 0 bridgehead atoms. The lowest BCUT2D eigenvalue weighted by Crippen LogP contribution is -2.53. The van der Waals surface area contributed by atoms with Gasteiger partial charge in [0.25, 0.3) is 11.8 Å². The molecule has 2 fully saturated rings. The molecule has 2 aromatic heterocycles. The van der Waals surface area contributed by atoms with Crippen molar-refractivity contribution in [3.05, 3.63) is 106 Å². The number of alkyl halides is 3. The number of nitrogens with zero attached hydrogens (tertiary/aromatic N) is 5. The van der Waals surface area contributed by atoms with Crippen molar-refractivity contribution in [1.29, 1.82) is 0 Å². The predicted octanol–water partition coefficient (Wildman–Crippen LogP) is 9.47. The Kier molecular flexibility index (Phi) is 17.6. The van der Waals surface area contributed by atoms with E-state index in [1.165, 1.54) is 57.1 Å². The molecular weight excluding hydrogens is 928 g/mol. The van der Waals surface area contributed by atoms with E-state index in [-0.39, 0.29) is 48.0 Å². The number of para-hydroxylation sites is 1. The van der Waals surface area contributed by atoms with Gasteiger partial charge in [0.2, 0.25) is 17.6 Å². The Morgan fingerprint density at radius 3 is 2.26 bits per heavy atom. The molecule has 3 aromatic carbocycles. The Morgan fingerprint density at radius 2 is 1.53 bits per heavy atom. The molecule has 4 N–H and O–H groups in total. The third kappa shape index (κ3) is 14.2. The van der Waals surface area contributed by atoms with Crippen LogP contribution in [0.4, 0.5) is 24.5 Å². The molecule has 2 saturated heterocycles. The van der Waals surface area contributed by atoms with Crippen molar-refractivity contribution in [1.82, 2.24) is 35.5 Å². The lowest BCUT2D eigenvalue weighted by Gasteiger charge is -2.35. The van der Waals surface area contributed by atoms with Crippen LogP contribution in [0.3, 0.4) is 0 Å². The maximum Gasteiger partial charge on any atom is 0.416 e. The molecule has 0 saturated carbocycles. The van der Waals surface area contributed by atoms with Crippen LogP contribution in [0.5, 0.6) is 11.5 Å². The molecule has 72 heavy (non-hydrogen) atoms. The highest BCUT2D eigenvalue weighted by Crippen LogP contribution is 2.42. The highest BCUT2D eigenvalue weighted by molar-refractivity contribution is 6.04. The summed E-state index contributed by atoms with van der Waals surface area (Å²) < 4.78 is 43.2. The Balaban J connectivity index is 0.653. The fraction of sp³-hybridized carbons (Fsp3) is 0.444. The zero-order valence-corrected chi connectivity index (χ0v) is 40.7. The third-order valence-corrected chi connectivity index (χ3v) is 13.4. The van der Waals surface area contributed by atoms with Gasteiger partial charge in [-0.2, -0.15) is 18.3 Å². The Hall–Kier alpha value is -6.81. The van der Waals surface area contributed by atoms with Crippen molar-refractivity contribution in [2.75, 3.05) is 43.4 Å². The normalized spacial score (nSPS) is 16.4. The van der Waals surface area contributed by atoms with Gasteiger partial charge in [-0.25, -0.2) is 4.98 Å². The fourth-order valence-corrected chi connectivity index (χ4v) is 9.21. The number of hydroxylamine groups is 2. The molecule has 1 atom stereocenters. The number of pyridine rings is 1. The van der Waals surface area contributed by atoms with Crippen LogP contribution < -0.4 is 25.6 Å². The van der Waals surface area contributed by atoms with Gasteiger partial charge in [-0.05, 0) is 86.3 Å². The summed E-state index contributed by atoms with van der Waals surface area (Å²) in [5, 5.41) is 16.5. The predicted molar refractivity (Wildman–Crippen MR) is 267 cm³/mol. The average molecular weight is 990 g/mol. The molecular formula is C54H62F3N9O6. The second kappa shape index (κ2) is 24.5. The summed E-state index contributed by atoms with van der Waals surface area (Å²) in [5.41, 5.74) is 3.07. The topological polar surface area (TPSA) is 174 Å². The number of aromatic nitrogens is 3. The minimum Gasteiger partial charge on any atom is -0.366 e. The van der Waals surface area contributed by atoms with Crippen molar-refractivity contribution in [2.24, 2.45) is 0 Å². The van der Waals surface area contributed by atoms with E-state index < -0.39 is 29.6 Å². The minimum absolute atomic E-state index is 0.0731. The van der Waals surface area contributed by atoms with E-state index in [1.807, 2.05) is 13.0 Å². The van der Waals surface area contributed by atoms with Crippen LogP contribution in [0.15, 0.2) is 73.1 Å². The van der Waals surface area contributed by atoms with E-state index in [0.29, 0.717) is 53.5 Å². The van der Waals surface area contributed by atoms with E-state index in [2.05, 4.69) is 52.8 Å². The summed E-state index contributed by atoms with van der Waals surface area (Å²) >= 11 is 0. The second-order valence-corrected chi connectivity index (χ2v) is 18.9. The summed E-state index contributed by atoms with van der Waals surface area (Å²) in [4.78, 5) is 70.0. The summed E-state index contributed by atoms with van der Waals surface area (Å²) in [7, 11) is 0. The molecule has 5 aromatic rings.